The highest BCUT2D eigenvalue weighted by atomic mass is 19.1. The molecule has 1 aromatic carbocycles. The zero-order chi connectivity index (χ0) is 18.0. The Morgan fingerprint density at radius 3 is 2.24 bits per heavy atom. The van der Waals surface area contributed by atoms with Crippen molar-refractivity contribution in [1.82, 2.24) is 15.8 Å². The van der Waals surface area contributed by atoms with Crippen LogP contribution in [0.2, 0.25) is 0 Å². The topological polar surface area (TPSA) is 95.6 Å². The predicted molar refractivity (Wildman–Crippen MR) is 84.1 cm³/mol. The van der Waals surface area contributed by atoms with Gasteiger partial charge in [0.15, 0.2) is 0 Å². The number of rotatable bonds is 3. The standard InChI is InChI=1S/C17H16FN3O4/c18-13-8-4-3-7-12(13)15(23)20-19-14(22)9-21-16(24)10-5-1-2-6-11(10)17(21)25/h1-4,7-8,10-11H,5-6,9H2,(H,19,22)(H,20,23). The first-order valence-electron chi connectivity index (χ1n) is 7.83. The van der Waals surface area contributed by atoms with E-state index in [1.54, 1.807) is 0 Å². The number of halogens is 1. The zero-order valence-corrected chi connectivity index (χ0v) is 13.2. The van der Waals surface area contributed by atoms with Gasteiger partial charge in [0.2, 0.25) is 11.8 Å². The number of carbonyl (C=O) groups excluding carboxylic acids is 4. The lowest BCUT2D eigenvalue weighted by Gasteiger charge is -2.14. The van der Waals surface area contributed by atoms with Crippen molar-refractivity contribution in [2.45, 2.75) is 12.8 Å². The number of carbonyl (C=O) groups is 4. The summed E-state index contributed by atoms with van der Waals surface area (Å²) in [7, 11) is 0. The SMILES string of the molecule is O=C(CN1C(=O)C2CC=CCC2C1=O)NNC(=O)c1ccccc1F. The lowest BCUT2D eigenvalue weighted by atomic mass is 9.85. The van der Waals surface area contributed by atoms with Gasteiger partial charge < -0.3 is 0 Å². The van der Waals surface area contributed by atoms with E-state index in [2.05, 4.69) is 10.9 Å². The molecule has 25 heavy (non-hydrogen) atoms. The van der Waals surface area contributed by atoms with Gasteiger partial charge in [-0.05, 0) is 25.0 Å². The largest absolute Gasteiger partial charge is 0.274 e. The highest BCUT2D eigenvalue weighted by molar-refractivity contribution is 6.07. The lowest BCUT2D eigenvalue weighted by molar-refractivity contribution is -0.143. The number of likely N-dealkylation sites (tertiary alicyclic amines) is 1. The maximum atomic E-state index is 13.5. The Bertz CT molecular complexity index is 751. The number of nitrogens with one attached hydrogen (secondary N) is 2. The van der Waals surface area contributed by atoms with Crippen molar-refractivity contribution >= 4 is 23.6 Å². The molecule has 0 radical (unpaired) electrons. The van der Waals surface area contributed by atoms with Crippen molar-refractivity contribution in [1.29, 1.82) is 0 Å². The van der Waals surface area contributed by atoms with Crippen LogP contribution in [-0.4, -0.2) is 35.1 Å². The second-order valence-electron chi connectivity index (χ2n) is 5.90. The monoisotopic (exact) mass is 345 g/mol. The van der Waals surface area contributed by atoms with E-state index >= 15 is 0 Å². The minimum Gasteiger partial charge on any atom is -0.274 e. The van der Waals surface area contributed by atoms with Crippen molar-refractivity contribution < 1.29 is 23.6 Å². The summed E-state index contributed by atoms with van der Waals surface area (Å²) in [6.07, 6.45) is 4.67. The minimum absolute atomic E-state index is 0.229. The predicted octanol–water partition coefficient (Wildman–Crippen LogP) is 0.538. The van der Waals surface area contributed by atoms with Gasteiger partial charge in [-0.3, -0.25) is 34.9 Å². The third-order valence-electron chi connectivity index (χ3n) is 4.33. The van der Waals surface area contributed by atoms with Gasteiger partial charge in [-0.25, -0.2) is 4.39 Å². The van der Waals surface area contributed by atoms with Gasteiger partial charge in [0, 0.05) is 0 Å². The van der Waals surface area contributed by atoms with Gasteiger partial charge in [-0.15, -0.1) is 0 Å². The highest BCUT2D eigenvalue weighted by Gasteiger charge is 2.47. The Kier molecular flexibility index (Phi) is 4.60. The second-order valence-corrected chi connectivity index (χ2v) is 5.90. The molecule has 1 heterocycles. The Hall–Kier alpha value is -3.03. The van der Waals surface area contributed by atoms with Crippen LogP contribution < -0.4 is 10.9 Å². The van der Waals surface area contributed by atoms with E-state index in [0.717, 1.165) is 11.0 Å². The third kappa shape index (κ3) is 3.28. The molecule has 0 saturated carbocycles. The van der Waals surface area contributed by atoms with Gasteiger partial charge in [-0.2, -0.15) is 0 Å². The Labute approximate surface area is 142 Å². The number of fused-ring (bicyclic) bond motifs is 1. The van der Waals surface area contributed by atoms with Gasteiger partial charge in [0.05, 0.1) is 17.4 Å². The van der Waals surface area contributed by atoms with Crippen molar-refractivity contribution in [3.8, 4) is 0 Å². The molecule has 2 aliphatic rings. The molecule has 1 aromatic rings. The number of hydrazine groups is 1. The normalized spacial score (nSPS) is 21.9. The molecular formula is C17H16FN3O4. The molecule has 4 amide bonds. The van der Waals surface area contributed by atoms with Gasteiger partial charge >= 0.3 is 0 Å². The molecule has 3 rings (SSSR count). The Balaban J connectivity index is 1.56. The quantitative estimate of drug-likeness (QED) is 0.475. The molecule has 1 aliphatic heterocycles. The number of hydrogen-bond donors (Lipinski definition) is 2. The van der Waals surface area contributed by atoms with Crippen LogP contribution in [0.15, 0.2) is 36.4 Å². The molecule has 7 nitrogen and oxygen atoms in total. The fourth-order valence-corrected chi connectivity index (χ4v) is 3.05. The first kappa shape index (κ1) is 16.8. The molecule has 1 aliphatic carbocycles. The smallest absolute Gasteiger partial charge is 0.272 e. The zero-order valence-electron chi connectivity index (χ0n) is 13.2. The van der Waals surface area contributed by atoms with E-state index in [0.29, 0.717) is 12.8 Å². The van der Waals surface area contributed by atoms with Crippen LogP contribution in [0.4, 0.5) is 4.39 Å². The molecular weight excluding hydrogens is 329 g/mol. The van der Waals surface area contributed by atoms with E-state index in [9.17, 15) is 23.6 Å². The fraction of sp³-hybridized carbons (Fsp3) is 0.294. The number of nitrogens with zero attached hydrogens (tertiary/aromatic N) is 1. The van der Waals surface area contributed by atoms with E-state index in [1.807, 2.05) is 12.2 Å². The number of hydrogen-bond acceptors (Lipinski definition) is 4. The molecule has 1 saturated heterocycles. The summed E-state index contributed by atoms with van der Waals surface area (Å²) in [5, 5.41) is 0. The molecule has 2 unspecified atom stereocenters. The van der Waals surface area contributed by atoms with Gasteiger partial charge in [0.1, 0.15) is 12.4 Å². The number of amides is 4. The molecule has 1 fully saturated rings. The van der Waals surface area contributed by atoms with E-state index in [-0.39, 0.29) is 17.4 Å². The summed E-state index contributed by atoms with van der Waals surface area (Å²) < 4.78 is 13.5. The average Bonchev–Trinajstić information content (AvgIpc) is 2.85. The maximum absolute atomic E-state index is 13.5. The summed E-state index contributed by atoms with van der Waals surface area (Å²) in [6.45, 7) is -0.484. The lowest BCUT2D eigenvalue weighted by Crippen LogP contribution is -2.48. The summed E-state index contributed by atoms with van der Waals surface area (Å²) in [4.78, 5) is 49.2. The second kappa shape index (κ2) is 6.84. The number of allylic oxidation sites excluding steroid dienone is 2. The molecule has 8 heteroatoms. The molecule has 130 valence electrons. The molecule has 0 bridgehead atoms. The summed E-state index contributed by atoms with van der Waals surface area (Å²) >= 11 is 0. The van der Waals surface area contributed by atoms with Gasteiger partial charge in [0.25, 0.3) is 11.8 Å². The third-order valence-corrected chi connectivity index (χ3v) is 4.33. The summed E-state index contributed by atoms with van der Waals surface area (Å²) in [6, 6.07) is 5.30. The minimum atomic E-state index is -0.830. The summed E-state index contributed by atoms with van der Waals surface area (Å²) in [5.74, 6) is -3.89. The first-order chi connectivity index (χ1) is 12.0. The maximum Gasteiger partial charge on any atom is 0.272 e. The van der Waals surface area contributed by atoms with Crippen molar-refractivity contribution in [3.63, 3.8) is 0 Å². The molecule has 0 spiro atoms. The molecule has 2 atom stereocenters. The van der Waals surface area contributed by atoms with Crippen molar-refractivity contribution in [2.75, 3.05) is 6.54 Å². The van der Waals surface area contributed by atoms with Crippen molar-refractivity contribution in [2.24, 2.45) is 11.8 Å². The van der Waals surface area contributed by atoms with Crippen LogP contribution in [-0.2, 0) is 14.4 Å². The van der Waals surface area contributed by atoms with Crippen LogP contribution in [0.3, 0.4) is 0 Å². The van der Waals surface area contributed by atoms with Crippen LogP contribution >= 0.6 is 0 Å². The number of benzene rings is 1. The van der Waals surface area contributed by atoms with Crippen LogP contribution in [0, 0.1) is 17.7 Å². The van der Waals surface area contributed by atoms with E-state index in [1.165, 1.54) is 18.2 Å². The fourth-order valence-electron chi connectivity index (χ4n) is 3.05. The average molecular weight is 345 g/mol. The van der Waals surface area contributed by atoms with Gasteiger partial charge in [-0.1, -0.05) is 24.3 Å². The van der Waals surface area contributed by atoms with E-state index in [4.69, 9.17) is 0 Å². The van der Waals surface area contributed by atoms with Crippen molar-refractivity contribution in [3.05, 3.63) is 47.8 Å². The molecule has 2 N–H and O–H groups in total. The highest BCUT2D eigenvalue weighted by Crippen LogP contribution is 2.34. The van der Waals surface area contributed by atoms with Crippen LogP contribution in [0.1, 0.15) is 23.2 Å². The van der Waals surface area contributed by atoms with Crippen LogP contribution in [0.25, 0.3) is 0 Å². The van der Waals surface area contributed by atoms with Crippen LogP contribution in [0.5, 0.6) is 0 Å². The van der Waals surface area contributed by atoms with E-state index < -0.39 is 36.0 Å². The number of imide groups is 1. The summed E-state index contributed by atoms with van der Waals surface area (Å²) in [5.41, 5.74) is 3.93. The Morgan fingerprint density at radius 2 is 1.64 bits per heavy atom. The Morgan fingerprint density at radius 1 is 1.04 bits per heavy atom. The first-order valence-corrected chi connectivity index (χ1v) is 7.83. The molecule has 0 aromatic heterocycles.